The molecule has 0 bridgehead atoms. The Morgan fingerprint density at radius 2 is 1.62 bits per heavy atom. The number of aromatic nitrogens is 11. The van der Waals surface area contributed by atoms with Gasteiger partial charge in [-0.05, 0) is 80.6 Å². The summed E-state index contributed by atoms with van der Waals surface area (Å²) in [7, 11) is 1.95. The van der Waals surface area contributed by atoms with Crippen LogP contribution in [0.3, 0.4) is 0 Å². The monoisotopic (exact) mass is 742 g/mol. The van der Waals surface area contributed by atoms with E-state index in [0.717, 1.165) is 101 Å². The van der Waals surface area contributed by atoms with E-state index in [-0.39, 0.29) is 11.9 Å². The van der Waals surface area contributed by atoms with Gasteiger partial charge in [0.15, 0.2) is 0 Å². The van der Waals surface area contributed by atoms with E-state index in [1.807, 2.05) is 73.5 Å². The lowest BCUT2D eigenvalue weighted by molar-refractivity contribution is 0.0986. The van der Waals surface area contributed by atoms with E-state index in [4.69, 9.17) is 14.7 Å². The zero-order chi connectivity index (χ0) is 37.9. The number of nitrogens with zero attached hydrogens (tertiary/aromatic N) is 9. The van der Waals surface area contributed by atoms with Crippen molar-refractivity contribution in [1.82, 2.24) is 54.9 Å². The Bertz CT molecular complexity index is 3000. The van der Waals surface area contributed by atoms with Crippen molar-refractivity contribution in [3.63, 3.8) is 0 Å². The molecule has 14 heteroatoms. The quantitative estimate of drug-likeness (QED) is 0.153. The number of anilines is 1. The van der Waals surface area contributed by atoms with E-state index < -0.39 is 0 Å². The number of nitrogens with one attached hydrogen (secondary N) is 3. The van der Waals surface area contributed by atoms with Crippen LogP contribution in [0.25, 0.3) is 88.7 Å². The predicted octanol–water partition coefficient (Wildman–Crippen LogP) is 7.90. The van der Waals surface area contributed by atoms with Gasteiger partial charge in [0.25, 0.3) is 0 Å². The third-order valence-electron chi connectivity index (χ3n) is 10.5. The number of ether oxygens (including phenoxy) is 1. The van der Waals surface area contributed by atoms with Crippen molar-refractivity contribution in [2.75, 3.05) is 24.7 Å². The number of aryl methyl sites for hydroxylation is 2. The Balaban J connectivity index is 0.000000137. The number of pyridine rings is 4. The summed E-state index contributed by atoms with van der Waals surface area (Å²) >= 11 is 0. The van der Waals surface area contributed by atoms with Crippen LogP contribution in [0.5, 0.6) is 0 Å². The average molecular weight is 743 g/mol. The molecule has 1 aliphatic heterocycles. The number of benzene rings is 2. The molecule has 9 heterocycles. The second-order valence-corrected chi connectivity index (χ2v) is 13.9. The highest BCUT2D eigenvalue weighted by Crippen LogP contribution is 2.38. The molecule has 10 aromatic rings. The van der Waals surface area contributed by atoms with Gasteiger partial charge in [0.2, 0.25) is 0 Å². The van der Waals surface area contributed by atoms with Crippen molar-refractivity contribution in [2.45, 2.75) is 19.9 Å². The number of aromatic amines is 3. The molecule has 0 radical (unpaired) electrons. The Hall–Kier alpha value is -7.06. The van der Waals surface area contributed by atoms with Crippen LogP contribution < -0.4 is 4.90 Å². The van der Waals surface area contributed by atoms with Crippen molar-refractivity contribution in [3.05, 3.63) is 109 Å². The van der Waals surface area contributed by atoms with Gasteiger partial charge in [-0.25, -0.2) is 14.4 Å². The van der Waals surface area contributed by atoms with Gasteiger partial charge in [-0.3, -0.25) is 24.7 Å². The second kappa shape index (κ2) is 13.4. The zero-order valence-electron chi connectivity index (χ0n) is 30.7. The smallest absolute Gasteiger partial charge is 0.140 e. The van der Waals surface area contributed by atoms with Crippen molar-refractivity contribution in [1.29, 1.82) is 0 Å². The van der Waals surface area contributed by atoms with E-state index in [2.05, 4.69) is 58.1 Å². The second-order valence-electron chi connectivity index (χ2n) is 13.9. The molecule has 13 nitrogen and oxygen atoms in total. The van der Waals surface area contributed by atoms with E-state index in [9.17, 15) is 4.39 Å². The minimum absolute atomic E-state index is 0.255. The van der Waals surface area contributed by atoms with Gasteiger partial charge in [0.05, 0.1) is 52.7 Å². The highest BCUT2D eigenvalue weighted by molar-refractivity contribution is 6.21. The maximum atomic E-state index is 13.9. The minimum Gasteiger partial charge on any atom is -0.377 e. The first-order valence-corrected chi connectivity index (χ1v) is 18.3. The van der Waals surface area contributed by atoms with Crippen LogP contribution in [0.15, 0.2) is 97.7 Å². The van der Waals surface area contributed by atoms with Crippen molar-refractivity contribution < 1.29 is 9.13 Å². The third kappa shape index (κ3) is 5.52. The fourth-order valence-corrected chi connectivity index (χ4v) is 7.85. The Morgan fingerprint density at radius 1 is 0.786 bits per heavy atom. The van der Waals surface area contributed by atoms with Crippen LogP contribution in [-0.4, -0.2) is 80.7 Å². The fourth-order valence-electron chi connectivity index (χ4n) is 7.85. The number of hydrogen-bond acceptors (Lipinski definition) is 9. The summed E-state index contributed by atoms with van der Waals surface area (Å²) in [6, 6.07) is 20.9. The van der Waals surface area contributed by atoms with Crippen molar-refractivity contribution in [2.24, 2.45) is 7.05 Å². The Labute approximate surface area is 318 Å². The lowest BCUT2D eigenvalue weighted by Gasteiger charge is -2.34. The standard InChI is InChI=1S/C22H14FN5.C20H21N7O/c1-11-17(15-10-12(23)6-7-16(15)26-11)22-27-20-13-4-2-8-24-18(13)19-14(21(20)28-22)5-3-9-25-19;1-13-12-28-10-9-27(13)18-11-15(17-5-8-23-26(17)2)14-3-6-21-20(19(14)24-18)16-4-7-22-25-16/h2-10,26H,1H3,(H,27,28);3-8,11,13H,9-10,12H2,1-2H3,(H,22,25). The number of halogens is 1. The third-order valence-corrected chi connectivity index (χ3v) is 10.5. The first kappa shape index (κ1) is 33.5. The summed E-state index contributed by atoms with van der Waals surface area (Å²) in [6.45, 7) is 6.34. The zero-order valence-corrected chi connectivity index (χ0v) is 30.7. The highest BCUT2D eigenvalue weighted by atomic mass is 19.1. The van der Waals surface area contributed by atoms with Crippen LogP contribution in [0.2, 0.25) is 0 Å². The summed E-state index contributed by atoms with van der Waals surface area (Å²) < 4.78 is 21.4. The van der Waals surface area contributed by atoms with Crippen LogP contribution in [-0.2, 0) is 11.8 Å². The summed E-state index contributed by atoms with van der Waals surface area (Å²) in [6.07, 6.45) is 8.90. The molecule has 0 aliphatic carbocycles. The summed E-state index contributed by atoms with van der Waals surface area (Å²) in [5.41, 5.74) is 10.7. The molecule has 276 valence electrons. The maximum Gasteiger partial charge on any atom is 0.140 e. The number of rotatable bonds is 4. The topological polar surface area (TPSA) is 155 Å². The number of H-pyrrole nitrogens is 3. The van der Waals surface area contributed by atoms with Crippen LogP contribution in [0, 0.1) is 12.7 Å². The van der Waals surface area contributed by atoms with Crippen molar-refractivity contribution >= 4 is 60.5 Å². The molecule has 8 aromatic heterocycles. The number of morpholine rings is 1. The largest absolute Gasteiger partial charge is 0.377 e. The van der Waals surface area contributed by atoms with Gasteiger partial charge in [-0.2, -0.15) is 10.2 Å². The first-order chi connectivity index (χ1) is 27.4. The van der Waals surface area contributed by atoms with Gasteiger partial charge in [-0.1, -0.05) is 0 Å². The van der Waals surface area contributed by atoms with E-state index in [1.165, 1.54) is 6.07 Å². The lowest BCUT2D eigenvalue weighted by atomic mass is 10.0. The number of imidazole rings is 1. The Morgan fingerprint density at radius 3 is 2.41 bits per heavy atom. The average Bonchev–Trinajstić information content (AvgIpc) is 4.05. The van der Waals surface area contributed by atoms with Gasteiger partial charge in [-0.15, -0.1) is 0 Å². The van der Waals surface area contributed by atoms with Gasteiger partial charge in [0.1, 0.15) is 28.7 Å². The molecule has 3 N–H and O–H groups in total. The lowest BCUT2D eigenvalue weighted by Crippen LogP contribution is -2.44. The summed E-state index contributed by atoms with van der Waals surface area (Å²) in [5, 5.41) is 15.2. The number of fused-ring (bicyclic) bond motifs is 8. The molecule has 0 spiro atoms. The molecule has 2 aromatic carbocycles. The normalized spacial score (nSPS) is 14.6. The molecule has 1 atom stereocenters. The molecule has 1 fully saturated rings. The van der Waals surface area contributed by atoms with Crippen molar-refractivity contribution in [3.8, 4) is 34.0 Å². The van der Waals surface area contributed by atoms with Gasteiger partial charge < -0.3 is 19.6 Å². The molecule has 1 aliphatic rings. The molecule has 0 amide bonds. The summed E-state index contributed by atoms with van der Waals surface area (Å²) in [5.74, 6) is 1.35. The molecule has 56 heavy (non-hydrogen) atoms. The SMILES string of the molecule is CC1COCCN1c1cc(-c2ccnn2C)c2ccnc(-c3ccn[nH]3)c2n1.Cc1[nH]c2ccc(F)cc2c1-c1nc2c3cccnc3c3ncccc3c2[nH]1. The molecule has 11 rings (SSSR count). The predicted molar refractivity (Wildman–Crippen MR) is 216 cm³/mol. The summed E-state index contributed by atoms with van der Waals surface area (Å²) in [4.78, 5) is 32.7. The Kier molecular flexibility index (Phi) is 7.99. The van der Waals surface area contributed by atoms with Gasteiger partial charge in [0, 0.05) is 88.5 Å². The maximum absolute atomic E-state index is 13.9. The minimum atomic E-state index is -0.270. The van der Waals surface area contributed by atoms with Gasteiger partial charge >= 0.3 is 0 Å². The van der Waals surface area contributed by atoms with E-state index in [1.54, 1.807) is 30.7 Å². The number of hydrogen-bond donors (Lipinski definition) is 3. The van der Waals surface area contributed by atoms with E-state index in [0.29, 0.717) is 19.0 Å². The van der Waals surface area contributed by atoms with Crippen LogP contribution in [0.1, 0.15) is 12.6 Å². The van der Waals surface area contributed by atoms with E-state index >= 15 is 0 Å². The first-order valence-electron chi connectivity index (χ1n) is 18.3. The highest BCUT2D eigenvalue weighted by Gasteiger charge is 2.24. The molecule has 1 saturated heterocycles. The van der Waals surface area contributed by atoms with Crippen LogP contribution >= 0.6 is 0 Å². The molecule has 1 unspecified atom stereocenters. The molecular weight excluding hydrogens is 708 g/mol. The fraction of sp³-hybridized carbons (Fsp3) is 0.167. The molecular formula is C42H35FN12O. The van der Waals surface area contributed by atoms with Crippen LogP contribution in [0.4, 0.5) is 10.2 Å². The molecule has 0 saturated carbocycles.